The summed E-state index contributed by atoms with van der Waals surface area (Å²) < 4.78 is 3.03. The smallest absolute Gasteiger partial charge is 0.253 e. The molecule has 144 valence electrons. The van der Waals surface area contributed by atoms with Gasteiger partial charge in [-0.1, -0.05) is 42.5 Å². The first kappa shape index (κ1) is 18.2. The minimum Gasteiger partial charge on any atom is -0.331 e. The summed E-state index contributed by atoms with van der Waals surface area (Å²) in [6.45, 7) is 0. The molecule has 0 aliphatic heterocycles. The maximum Gasteiger partial charge on any atom is 0.253 e. The number of carbonyl (C=O) groups excluding carboxylic acids is 2. The van der Waals surface area contributed by atoms with Gasteiger partial charge in [0.1, 0.15) is 6.33 Å². The third kappa shape index (κ3) is 3.79. The average Bonchev–Trinajstić information content (AvgIpc) is 3.41. The van der Waals surface area contributed by atoms with Gasteiger partial charge < -0.3 is 9.88 Å². The number of carbonyl (C=O) groups is 2. The van der Waals surface area contributed by atoms with Crippen molar-refractivity contribution in [1.82, 2.24) is 29.8 Å². The van der Waals surface area contributed by atoms with Crippen molar-refractivity contribution < 1.29 is 9.59 Å². The van der Waals surface area contributed by atoms with E-state index in [0.29, 0.717) is 17.1 Å². The normalized spacial score (nSPS) is 11.8. The molecule has 0 saturated heterocycles. The van der Waals surface area contributed by atoms with Crippen molar-refractivity contribution in [2.75, 3.05) is 5.32 Å². The molecule has 29 heavy (non-hydrogen) atoms. The number of nitrogens with one attached hydrogen (secondary N) is 1. The van der Waals surface area contributed by atoms with E-state index in [2.05, 4.69) is 25.8 Å². The van der Waals surface area contributed by atoms with Crippen LogP contribution in [-0.2, 0) is 11.8 Å². The van der Waals surface area contributed by atoms with Gasteiger partial charge in [0.15, 0.2) is 11.9 Å². The maximum atomic E-state index is 13.0. The lowest BCUT2D eigenvalue weighted by Crippen LogP contribution is -2.27. The molecule has 0 aliphatic rings. The van der Waals surface area contributed by atoms with Gasteiger partial charge in [-0.05, 0) is 28.1 Å². The van der Waals surface area contributed by atoms with Crippen molar-refractivity contribution in [3.63, 3.8) is 0 Å². The Bertz CT molecular complexity index is 1140. The van der Waals surface area contributed by atoms with Crippen molar-refractivity contribution in [3.05, 3.63) is 90.3 Å². The number of ketones is 1. The third-order valence-electron chi connectivity index (χ3n) is 4.41. The Hall–Kier alpha value is -4.14. The summed E-state index contributed by atoms with van der Waals surface area (Å²) in [4.78, 5) is 29.8. The number of rotatable bonds is 6. The van der Waals surface area contributed by atoms with Crippen LogP contribution in [0.3, 0.4) is 0 Å². The fourth-order valence-corrected chi connectivity index (χ4v) is 3.01. The molecule has 1 amide bonds. The largest absolute Gasteiger partial charge is 0.331 e. The summed E-state index contributed by atoms with van der Waals surface area (Å²) in [6.07, 6.45) is 4.66. The SMILES string of the molecule is Cn1ccnc1C(=O)c1cccc(NC(=O)[C@H](c2ccccc2)n2cnnn2)c1. The molecule has 1 N–H and O–H groups in total. The summed E-state index contributed by atoms with van der Waals surface area (Å²) in [7, 11) is 1.75. The van der Waals surface area contributed by atoms with Gasteiger partial charge in [0, 0.05) is 30.7 Å². The van der Waals surface area contributed by atoms with Crippen LogP contribution in [0.1, 0.15) is 27.8 Å². The first-order valence-electron chi connectivity index (χ1n) is 8.84. The molecule has 1 atom stereocenters. The van der Waals surface area contributed by atoms with Gasteiger partial charge in [-0.25, -0.2) is 9.67 Å². The lowest BCUT2D eigenvalue weighted by Gasteiger charge is -2.17. The second-order valence-corrected chi connectivity index (χ2v) is 6.36. The summed E-state index contributed by atoms with van der Waals surface area (Å²) >= 11 is 0. The Labute approximate surface area is 166 Å². The third-order valence-corrected chi connectivity index (χ3v) is 4.41. The fraction of sp³-hybridized carbons (Fsp3) is 0.100. The Morgan fingerprint density at radius 3 is 2.59 bits per heavy atom. The zero-order valence-electron chi connectivity index (χ0n) is 15.5. The average molecular weight is 387 g/mol. The Balaban J connectivity index is 1.60. The monoisotopic (exact) mass is 387 g/mol. The molecule has 9 nitrogen and oxygen atoms in total. The number of nitrogens with zero attached hydrogens (tertiary/aromatic N) is 6. The number of anilines is 1. The Morgan fingerprint density at radius 1 is 1.07 bits per heavy atom. The van der Waals surface area contributed by atoms with Gasteiger partial charge in [-0.15, -0.1) is 5.10 Å². The molecule has 0 radical (unpaired) electrons. The fourth-order valence-electron chi connectivity index (χ4n) is 3.01. The van der Waals surface area contributed by atoms with Crippen LogP contribution in [0, 0.1) is 0 Å². The molecule has 0 bridgehead atoms. The van der Waals surface area contributed by atoms with Crippen molar-refractivity contribution in [1.29, 1.82) is 0 Å². The summed E-state index contributed by atoms with van der Waals surface area (Å²) in [5.74, 6) is -0.233. The molecule has 0 saturated carbocycles. The zero-order valence-corrected chi connectivity index (χ0v) is 15.5. The van der Waals surface area contributed by atoms with Crippen molar-refractivity contribution in [3.8, 4) is 0 Å². The summed E-state index contributed by atoms with van der Waals surface area (Å²) in [5, 5.41) is 14.0. The van der Waals surface area contributed by atoms with Crippen LogP contribution in [0.15, 0.2) is 73.3 Å². The van der Waals surface area contributed by atoms with Gasteiger partial charge >= 0.3 is 0 Å². The van der Waals surface area contributed by atoms with Crippen molar-refractivity contribution in [2.45, 2.75) is 6.04 Å². The number of tetrazole rings is 1. The van der Waals surface area contributed by atoms with E-state index in [1.807, 2.05) is 30.3 Å². The van der Waals surface area contributed by atoms with E-state index in [0.717, 1.165) is 5.56 Å². The van der Waals surface area contributed by atoms with E-state index in [-0.39, 0.29) is 11.7 Å². The second kappa shape index (κ2) is 7.85. The quantitative estimate of drug-likeness (QED) is 0.506. The van der Waals surface area contributed by atoms with Crippen LogP contribution in [-0.4, -0.2) is 41.4 Å². The van der Waals surface area contributed by atoms with E-state index in [1.165, 1.54) is 11.0 Å². The van der Waals surface area contributed by atoms with Crippen LogP contribution in [0.5, 0.6) is 0 Å². The first-order valence-corrected chi connectivity index (χ1v) is 8.84. The minimum absolute atomic E-state index is 0.228. The molecule has 0 aliphatic carbocycles. The van der Waals surface area contributed by atoms with E-state index >= 15 is 0 Å². The summed E-state index contributed by atoms with van der Waals surface area (Å²) in [6, 6.07) is 15.2. The molecular formula is C20H17N7O2. The number of hydrogen-bond acceptors (Lipinski definition) is 6. The van der Waals surface area contributed by atoms with Gasteiger partial charge in [-0.2, -0.15) is 0 Å². The molecule has 2 aromatic heterocycles. The minimum atomic E-state index is -0.750. The molecule has 4 aromatic rings. The van der Waals surface area contributed by atoms with Gasteiger partial charge in [0.2, 0.25) is 5.78 Å². The van der Waals surface area contributed by atoms with Crippen LogP contribution in [0.25, 0.3) is 0 Å². The standard InChI is InChI=1S/C20H17N7O2/c1-26-11-10-21-19(26)18(28)15-8-5-9-16(12-15)23-20(29)17(27-13-22-24-25-27)14-6-3-2-4-7-14/h2-13,17H,1H3,(H,23,29)/t17-/m0/s1. The molecule has 9 heteroatoms. The lowest BCUT2D eigenvalue weighted by molar-refractivity contribution is -0.118. The zero-order chi connectivity index (χ0) is 20.2. The maximum absolute atomic E-state index is 13.0. The van der Waals surface area contributed by atoms with E-state index in [9.17, 15) is 9.59 Å². The molecule has 2 aromatic carbocycles. The van der Waals surface area contributed by atoms with Crippen molar-refractivity contribution in [2.24, 2.45) is 7.05 Å². The van der Waals surface area contributed by atoms with Gasteiger partial charge in [-0.3, -0.25) is 9.59 Å². The number of benzene rings is 2. The lowest BCUT2D eigenvalue weighted by atomic mass is 10.1. The van der Waals surface area contributed by atoms with Gasteiger partial charge in [0.25, 0.3) is 5.91 Å². The molecule has 2 heterocycles. The number of aryl methyl sites for hydroxylation is 1. The van der Waals surface area contributed by atoms with E-state index < -0.39 is 6.04 Å². The molecule has 0 fully saturated rings. The second-order valence-electron chi connectivity index (χ2n) is 6.36. The predicted octanol–water partition coefficient (Wildman–Crippen LogP) is 1.87. The number of amides is 1. The Kier molecular flexibility index (Phi) is 4.93. The highest BCUT2D eigenvalue weighted by molar-refractivity contribution is 6.07. The number of imidazole rings is 1. The highest BCUT2D eigenvalue weighted by Gasteiger charge is 2.24. The number of aromatic nitrogens is 6. The van der Waals surface area contributed by atoms with Crippen LogP contribution < -0.4 is 5.32 Å². The topological polar surface area (TPSA) is 108 Å². The number of hydrogen-bond donors (Lipinski definition) is 1. The molecule has 0 spiro atoms. The van der Waals surface area contributed by atoms with Crippen LogP contribution in [0.2, 0.25) is 0 Å². The molecule has 4 rings (SSSR count). The molecular weight excluding hydrogens is 370 g/mol. The highest BCUT2D eigenvalue weighted by Crippen LogP contribution is 2.20. The summed E-state index contributed by atoms with van der Waals surface area (Å²) in [5.41, 5.74) is 1.65. The van der Waals surface area contributed by atoms with Crippen molar-refractivity contribution >= 4 is 17.4 Å². The predicted molar refractivity (Wildman–Crippen MR) is 104 cm³/mol. The van der Waals surface area contributed by atoms with Gasteiger partial charge in [0.05, 0.1) is 0 Å². The van der Waals surface area contributed by atoms with Crippen LogP contribution >= 0.6 is 0 Å². The molecule has 0 unspecified atom stereocenters. The van der Waals surface area contributed by atoms with E-state index in [4.69, 9.17) is 0 Å². The highest BCUT2D eigenvalue weighted by atomic mass is 16.2. The van der Waals surface area contributed by atoms with Crippen LogP contribution in [0.4, 0.5) is 5.69 Å². The van der Waals surface area contributed by atoms with E-state index in [1.54, 1.807) is 48.3 Å². The first-order chi connectivity index (χ1) is 14.1. The Morgan fingerprint density at radius 2 is 1.90 bits per heavy atom.